The summed E-state index contributed by atoms with van der Waals surface area (Å²) in [6.45, 7) is 0. The second kappa shape index (κ2) is 7.00. The number of nitrogen functional groups attached to an aromatic ring is 1. The van der Waals surface area contributed by atoms with E-state index < -0.39 is 0 Å². The van der Waals surface area contributed by atoms with Crippen molar-refractivity contribution in [3.05, 3.63) is 84.9 Å². The minimum Gasteiger partial charge on any atom is -0.508 e. The fourth-order valence-corrected chi connectivity index (χ4v) is 1.81. The summed E-state index contributed by atoms with van der Waals surface area (Å²) in [7, 11) is 0. The Bertz CT molecular complexity index is 636. The topological polar surface area (TPSA) is 46.2 Å². The van der Waals surface area contributed by atoms with Gasteiger partial charge < -0.3 is 10.8 Å². The van der Waals surface area contributed by atoms with Gasteiger partial charge in [-0.25, -0.2) is 0 Å². The highest BCUT2D eigenvalue weighted by Gasteiger charge is 1.98. The van der Waals surface area contributed by atoms with Crippen LogP contribution in [0.2, 0.25) is 0 Å². The number of phenolic OH excluding ortho intramolecular Hbond substituents is 1. The molecule has 3 aromatic rings. The van der Waals surface area contributed by atoms with Crippen molar-refractivity contribution < 1.29 is 5.11 Å². The number of para-hydroxylation sites is 2. The van der Waals surface area contributed by atoms with Gasteiger partial charge in [-0.05, 0) is 23.8 Å². The molecule has 100 valence electrons. The van der Waals surface area contributed by atoms with Crippen LogP contribution in [0.3, 0.4) is 0 Å². The second-order valence-corrected chi connectivity index (χ2v) is 4.29. The Morgan fingerprint density at radius 2 is 1.10 bits per heavy atom. The van der Waals surface area contributed by atoms with Crippen LogP contribution >= 0.6 is 0 Å². The number of hydrogen-bond acceptors (Lipinski definition) is 2. The Morgan fingerprint density at radius 1 is 0.600 bits per heavy atom. The molecule has 20 heavy (non-hydrogen) atoms. The third kappa shape index (κ3) is 3.89. The summed E-state index contributed by atoms with van der Waals surface area (Å²) < 4.78 is 0. The Balaban J connectivity index is 0.000000178. The lowest BCUT2D eigenvalue weighted by molar-refractivity contribution is 0.475. The number of benzene rings is 3. The quantitative estimate of drug-likeness (QED) is 0.642. The van der Waals surface area contributed by atoms with Gasteiger partial charge in [-0.2, -0.15) is 0 Å². The van der Waals surface area contributed by atoms with Crippen molar-refractivity contribution in [1.29, 1.82) is 0 Å². The normalized spacial score (nSPS) is 9.40. The minimum absolute atomic E-state index is 0.322. The number of nitrogens with two attached hydrogens (primary N) is 1. The van der Waals surface area contributed by atoms with Gasteiger partial charge in [0.05, 0.1) is 0 Å². The van der Waals surface area contributed by atoms with Gasteiger partial charge in [0.25, 0.3) is 0 Å². The van der Waals surface area contributed by atoms with Gasteiger partial charge in [0.15, 0.2) is 0 Å². The molecule has 3 rings (SSSR count). The summed E-state index contributed by atoms with van der Waals surface area (Å²) in [5.74, 6) is 0.322. The minimum atomic E-state index is 0.322. The van der Waals surface area contributed by atoms with Crippen LogP contribution in [0.1, 0.15) is 0 Å². The van der Waals surface area contributed by atoms with Crippen LogP contribution in [0.4, 0.5) is 5.69 Å². The smallest absolute Gasteiger partial charge is 0.115 e. The van der Waals surface area contributed by atoms with Crippen LogP contribution in [-0.2, 0) is 0 Å². The fourth-order valence-electron chi connectivity index (χ4n) is 1.81. The maximum atomic E-state index is 8.63. The first-order valence-electron chi connectivity index (χ1n) is 6.41. The summed E-state index contributed by atoms with van der Waals surface area (Å²) in [6.07, 6.45) is 0. The lowest BCUT2D eigenvalue weighted by atomic mass is 10.0. The van der Waals surface area contributed by atoms with E-state index in [9.17, 15) is 0 Å². The zero-order valence-corrected chi connectivity index (χ0v) is 11.1. The molecule has 2 heteroatoms. The summed E-state index contributed by atoms with van der Waals surface area (Å²) in [6, 6.07) is 26.8. The van der Waals surface area contributed by atoms with Crippen molar-refractivity contribution in [2.75, 3.05) is 5.73 Å². The number of anilines is 1. The number of phenols is 1. The Kier molecular flexibility index (Phi) is 4.79. The molecule has 3 aromatic carbocycles. The molecule has 0 bridgehead atoms. The predicted molar refractivity (Wildman–Crippen MR) is 84.4 cm³/mol. The average molecular weight is 263 g/mol. The van der Waals surface area contributed by atoms with Crippen LogP contribution in [0.25, 0.3) is 11.1 Å². The van der Waals surface area contributed by atoms with Gasteiger partial charge in [0.1, 0.15) is 5.75 Å². The van der Waals surface area contributed by atoms with Crippen LogP contribution in [0.5, 0.6) is 5.75 Å². The molecule has 0 aromatic heterocycles. The van der Waals surface area contributed by atoms with E-state index in [1.54, 1.807) is 24.3 Å². The van der Waals surface area contributed by atoms with Gasteiger partial charge >= 0.3 is 0 Å². The molecule has 0 spiro atoms. The largest absolute Gasteiger partial charge is 0.508 e. The van der Waals surface area contributed by atoms with E-state index in [1.807, 2.05) is 48.5 Å². The Hall–Kier alpha value is -2.74. The molecule has 0 atom stereocenters. The van der Waals surface area contributed by atoms with Gasteiger partial charge in [-0.1, -0.05) is 66.7 Å². The molecule has 0 heterocycles. The monoisotopic (exact) mass is 263 g/mol. The second-order valence-electron chi connectivity index (χ2n) is 4.29. The third-order valence-electron chi connectivity index (χ3n) is 2.80. The molecule has 0 saturated carbocycles. The molecule has 0 aliphatic heterocycles. The number of aromatic hydroxyl groups is 1. The molecule has 0 radical (unpaired) electrons. The van der Waals surface area contributed by atoms with E-state index >= 15 is 0 Å². The highest BCUT2D eigenvalue weighted by Crippen LogP contribution is 2.24. The Labute approximate surface area is 119 Å². The zero-order chi connectivity index (χ0) is 14.2. The lowest BCUT2D eigenvalue weighted by Gasteiger charge is -2.03. The van der Waals surface area contributed by atoms with Gasteiger partial charge in [-0.3, -0.25) is 0 Å². The van der Waals surface area contributed by atoms with Gasteiger partial charge in [0, 0.05) is 11.3 Å². The van der Waals surface area contributed by atoms with Gasteiger partial charge in [-0.15, -0.1) is 0 Å². The van der Waals surface area contributed by atoms with Crippen molar-refractivity contribution in [3.8, 4) is 16.9 Å². The molecule has 0 fully saturated rings. The van der Waals surface area contributed by atoms with Crippen molar-refractivity contribution >= 4 is 5.69 Å². The summed E-state index contributed by atoms with van der Waals surface area (Å²) in [5, 5.41) is 8.63. The maximum Gasteiger partial charge on any atom is 0.115 e. The first-order chi connectivity index (χ1) is 9.77. The van der Waals surface area contributed by atoms with E-state index in [-0.39, 0.29) is 0 Å². The summed E-state index contributed by atoms with van der Waals surface area (Å²) >= 11 is 0. The average Bonchev–Trinajstić information content (AvgIpc) is 2.50. The molecular weight excluding hydrogens is 246 g/mol. The van der Waals surface area contributed by atoms with E-state index in [1.165, 1.54) is 5.56 Å². The molecule has 3 N–H and O–H groups in total. The van der Waals surface area contributed by atoms with Crippen molar-refractivity contribution in [2.24, 2.45) is 0 Å². The highest BCUT2D eigenvalue weighted by atomic mass is 16.3. The summed E-state index contributed by atoms with van der Waals surface area (Å²) in [5.41, 5.74) is 8.95. The van der Waals surface area contributed by atoms with Crippen LogP contribution in [-0.4, -0.2) is 5.11 Å². The summed E-state index contributed by atoms with van der Waals surface area (Å²) in [4.78, 5) is 0. The van der Waals surface area contributed by atoms with Crippen molar-refractivity contribution in [2.45, 2.75) is 0 Å². The van der Waals surface area contributed by atoms with Crippen molar-refractivity contribution in [3.63, 3.8) is 0 Å². The van der Waals surface area contributed by atoms with E-state index in [0.29, 0.717) is 5.75 Å². The number of rotatable bonds is 1. The van der Waals surface area contributed by atoms with Crippen molar-refractivity contribution in [1.82, 2.24) is 0 Å². The van der Waals surface area contributed by atoms with Gasteiger partial charge in [0.2, 0.25) is 0 Å². The molecule has 0 aliphatic carbocycles. The predicted octanol–water partition coefficient (Wildman–Crippen LogP) is 4.33. The molecule has 0 amide bonds. The van der Waals surface area contributed by atoms with Crippen LogP contribution in [0.15, 0.2) is 84.9 Å². The van der Waals surface area contributed by atoms with E-state index in [4.69, 9.17) is 10.8 Å². The van der Waals surface area contributed by atoms with Crippen LogP contribution in [0, 0.1) is 0 Å². The molecule has 0 aliphatic rings. The standard InChI is InChI=1S/C12H11N.C6H6O/c13-12-9-5-4-8-11(12)10-6-2-1-3-7-10;7-6-4-2-1-3-5-6/h1-9H,13H2;1-5,7H. The maximum absolute atomic E-state index is 8.63. The first-order valence-corrected chi connectivity index (χ1v) is 6.41. The molecular formula is C18H17NO. The SMILES string of the molecule is Nc1ccccc1-c1ccccc1.Oc1ccccc1. The molecule has 2 nitrogen and oxygen atoms in total. The highest BCUT2D eigenvalue weighted by molar-refractivity contribution is 5.75. The molecule has 0 unspecified atom stereocenters. The lowest BCUT2D eigenvalue weighted by Crippen LogP contribution is -1.88. The van der Waals surface area contributed by atoms with E-state index in [0.717, 1.165) is 11.3 Å². The third-order valence-corrected chi connectivity index (χ3v) is 2.80. The number of hydrogen-bond donors (Lipinski definition) is 2. The molecule has 0 saturated heterocycles. The Morgan fingerprint density at radius 3 is 1.60 bits per heavy atom. The fraction of sp³-hybridized carbons (Fsp3) is 0. The zero-order valence-electron chi connectivity index (χ0n) is 11.1. The van der Waals surface area contributed by atoms with Crippen LogP contribution < -0.4 is 5.73 Å². The van der Waals surface area contributed by atoms with E-state index in [2.05, 4.69) is 12.1 Å². The first kappa shape index (κ1) is 13.7.